The number of ether oxygens (including phenoxy) is 1. The third kappa shape index (κ3) is 4.97. The average molecular weight is 297 g/mol. The first-order chi connectivity index (χ1) is 10.2. The molecule has 2 heterocycles. The summed E-state index contributed by atoms with van der Waals surface area (Å²) in [6.45, 7) is 6.92. The molecule has 2 aliphatic rings. The van der Waals surface area contributed by atoms with Gasteiger partial charge in [-0.3, -0.25) is 14.5 Å². The molecule has 2 fully saturated rings. The molecule has 0 saturated carbocycles. The third-order valence-electron chi connectivity index (χ3n) is 4.11. The maximum absolute atomic E-state index is 12.2. The Morgan fingerprint density at radius 1 is 1.24 bits per heavy atom. The average Bonchev–Trinajstić information content (AvgIpc) is 3.02. The van der Waals surface area contributed by atoms with Crippen molar-refractivity contribution in [2.24, 2.45) is 0 Å². The molecule has 2 saturated heterocycles. The fraction of sp³-hybridized carbons (Fsp3) is 0.867. The Labute approximate surface area is 126 Å². The Kier molecular flexibility index (Phi) is 6.45. The largest absolute Gasteiger partial charge is 0.368 e. The highest BCUT2D eigenvalue weighted by molar-refractivity contribution is 5.81. The van der Waals surface area contributed by atoms with Gasteiger partial charge in [-0.2, -0.15) is 0 Å². The van der Waals surface area contributed by atoms with Crippen molar-refractivity contribution in [3.05, 3.63) is 0 Å². The summed E-state index contributed by atoms with van der Waals surface area (Å²) in [7, 11) is 0. The zero-order chi connectivity index (χ0) is 15.1. The van der Waals surface area contributed by atoms with Gasteiger partial charge >= 0.3 is 0 Å². The molecule has 0 aromatic carbocycles. The van der Waals surface area contributed by atoms with Gasteiger partial charge in [0.05, 0.1) is 6.54 Å². The van der Waals surface area contributed by atoms with Crippen LogP contribution in [0.3, 0.4) is 0 Å². The van der Waals surface area contributed by atoms with E-state index in [1.54, 1.807) is 0 Å². The molecule has 0 aromatic rings. The molecule has 0 aliphatic carbocycles. The molecule has 6 nitrogen and oxygen atoms in total. The highest BCUT2D eigenvalue weighted by Crippen LogP contribution is 2.15. The van der Waals surface area contributed by atoms with E-state index in [4.69, 9.17) is 4.74 Å². The first-order valence-corrected chi connectivity index (χ1v) is 8.10. The van der Waals surface area contributed by atoms with E-state index in [0.29, 0.717) is 26.2 Å². The molecule has 0 aromatic heterocycles. The number of hydrogen-bond acceptors (Lipinski definition) is 4. The number of piperazine rings is 1. The molecule has 2 aliphatic heterocycles. The minimum Gasteiger partial charge on any atom is -0.368 e. The van der Waals surface area contributed by atoms with E-state index in [2.05, 4.69) is 17.1 Å². The van der Waals surface area contributed by atoms with Gasteiger partial charge in [0.2, 0.25) is 5.91 Å². The van der Waals surface area contributed by atoms with Crippen LogP contribution in [0, 0.1) is 0 Å². The molecule has 0 radical (unpaired) electrons. The summed E-state index contributed by atoms with van der Waals surface area (Å²) in [5.74, 6) is 0.210. The van der Waals surface area contributed by atoms with E-state index >= 15 is 0 Å². The normalized spacial score (nSPS) is 23.3. The second-order valence-corrected chi connectivity index (χ2v) is 5.81. The first kappa shape index (κ1) is 16.2. The van der Waals surface area contributed by atoms with E-state index < -0.39 is 0 Å². The Hall–Kier alpha value is -1.14. The predicted molar refractivity (Wildman–Crippen MR) is 79.9 cm³/mol. The summed E-state index contributed by atoms with van der Waals surface area (Å²) >= 11 is 0. The number of carbonyl (C=O) groups is 2. The van der Waals surface area contributed by atoms with Crippen LogP contribution in [0.4, 0.5) is 0 Å². The second kappa shape index (κ2) is 8.34. The van der Waals surface area contributed by atoms with E-state index in [1.807, 2.05) is 4.90 Å². The van der Waals surface area contributed by atoms with Crippen LogP contribution in [-0.4, -0.2) is 73.6 Å². The number of amides is 2. The molecule has 1 atom stereocenters. The summed E-state index contributed by atoms with van der Waals surface area (Å²) in [5.41, 5.74) is 0. The Balaban J connectivity index is 1.65. The molecule has 6 heteroatoms. The van der Waals surface area contributed by atoms with Crippen LogP contribution in [0.2, 0.25) is 0 Å². The van der Waals surface area contributed by atoms with Crippen LogP contribution in [0.5, 0.6) is 0 Å². The van der Waals surface area contributed by atoms with Crippen LogP contribution >= 0.6 is 0 Å². The number of nitrogens with zero attached hydrogens (tertiary/aromatic N) is 2. The lowest BCUT2D eigenvalue weighted by Crippen LogP contribution is -2.53. The topological polar surface area (TPSA) is 61.9 Å². The molecule has 0 spiro atoms. The summed E-state index contributed by atoms with van der Waals surface area (Å²) in [6.07, 6.45) is 3.71. The predicted octanol–water partition coefficient (Wildman–Crippen LogP) is 0.226. The van der Waals surface area contributed by atoms with E-state index in [9.17, 15) is 9.59 Å². The number of carbonyl (C=O) groups excluding carboxylic acids is 2. The third-order valence-corrected chi connectivity index (χ3v) is 4.11. The minimum absolute atomic E-state index is 0.0855. The summed E-state index contributed by atoms with van der Waals surface area (Å²) < 4.78 is 5.45. The molecule has 120 valence electrons. The van der Waals surface area contributed by atoms with Gasteiger partial charge in [0.15, 0.2) is 0 Å². The molecule has 21 heavy (non-hydrogen) atoms. The van der Waals surface area contributed by atoms with Crippen molar-refractivity contribution in [2.75, 3.05) is 45.9 Å². The monoisotopic (exact) mass is 297 g/mol. The highest BCUT2D eigenvalue weighted by Gasteiger charge is 2.30. The van der Waals surface area contributed by atoms with Crippen molar-refractivity contribution >= 4 is 11.8 Å². The quantitative estimate of drug-likeness (QED) is 0.713. The molecule has 1 N–H and O–H groups in total. The van der Waals surface area contributed by atoms with Crippen molar-refractivity contribution in [3.8, 4) is 0 Å². The zero-order valence-corrected chi connectivity index (χ0v) is 13.0. The van der Waals surface area contributed by atoms with Gasteiger partial charge in [0, 0.05) is 39.3 Å². The lowest BCUT2D eigenvalue weighted by atomic mass is 10.2. The van der Waals surface area contributed by atoms with E-state index in [1.165, 1.54) is 0 Å². The minimum atomic E-state index is -0.228. The van der Waals surface area contributed by atoms with Gasteiger partial charge in [0.1, 0.15) is 6.10 Å². The highest BCUT2D eigenvalue weighted by atomic mass is 16.5. The van der Waals surface area contributed by atoms with Crippen molar-refractivity contribution in [2.45, 2.75) is 38.7 Å². The lowest BCUT2D eigenvalue weighted by molar-refractivity contribution is -0.142. The first-order valence-electron chi connectivity index (χ1n) is 8.10. The smallest absolute Gasteiger partial charge is 0.251 e. The van der Waals surface area contributed by atoms with Gasteiger partial charge in [-0.05, 0) is 19.3 Å². The van der Waals surface area contributed by atoms with Crippen molar-refractivity contribution in [1.82, 2.24) is 15.1 Å². The number of hydrogen-bond donors (Lipinski definition) is 1. The van der Waals surface area contributed by atoms with E-state index in [-0.39, 0.29) is 17.9 Å². The Bertz CT molecular complexity index is 348. The summed E-state index contributed by atoms with van der Waals surface area (Å²) in [6, 6.07) is 0. The van der Waals surface area contributed by atoms with Gasteiger partial charge in [-0.1, -0.05) is 13.3 Å². The molecule has 0 bridgehead atoms. The van der Waals surface area contributed by atoms with Gasteiger partial charge < -0.3 is 15.0 Å². The van der Waals surface area contributed by atoms with Crippen molar-refractivity contribution in [3.63, 3.8) is 0 Å². The van der Waals surface area contributed by atoms with Crippen molar-refractivity contribution < 1.29 is 14.3 Å². The van der Waals surface area contributed by atoms with Crippen LogP contribution in [-0.2, 0) is 14.3 Å². The lowest BCUT2D eigenvalue weighted by Gasteiger charge is -2.35. The van der Waals surface area contributed by atoms with Crippen LogP contribution in [0.25, 0.3) is 0 Å². The Morgan fingerprint density at radius 2 is 2.00 bits per heavy atom. The molecule has 2 amide bonds. The number of unbranched alkanes of at least 4 members (excludes halogenated alkanes) is 1. The summed E-state index contributed by atoms with van der Waals surface area (Å²) in [4.78, 5) is 28.0. The fourth-order valence-electron chi connectivity index (χ4n) is 2.77. The maximum atomic E-state index is 12.2. The molecule has 2 rings (SSSR count). The molecule has 1 unspecified atom stereocenters. The standard InChI is InChI=1S/C15H27N3O3/c1-2-3-6-16-14(19)12-17-7-9-18(10-8-17)15(20)13-5-4-11-21-13/h13H,2-12H2,1H3,(H,16,19). The van der Waals surface area contributed by atoms with Gasteiger partial charge in [-0.15, -0.1) is 0 Å². The fourth-order valence-corrected chi connectivity index (χ4v) is 2.77. The zero-order valence-electron chi connectivity index (χ0n) is 13.0. The Morgan fingerprint density at radius 3 is 2.62 bits per heavy atom. The van der Waals surface area contributed by atoms with Crippen LogP contribution in [0.15, 0.2) is 0 Å². The molecular weight excluding hydrogens is 270 g/mol. The number of nitrogens with one attached hydrogen (secondary N) is 1. The number of rotatable bonds is 6. The summed E-state index contributed by atoms with van der Waals surface area (Å²) in [5, 5.41) is 2.93. The van der Waals surface area contributed by atoms with Gasteiger partial charge in [-0.25, -0.2) is 0 Å². The van der Waals surface area contributed by atoms with Crippen LogP contribution < -0.4 is 5.32 Å². The van der Waals surface area contributed by atoms with Crippen molar-refractivity contribution in [1.29, 1.82) is 0 Å². The molecular formula is C15H27N3O3. The second-order valence-electron chi connectivity index (χ2n) is 5.81. The SMILES string of the molecule is CCCCNC(=O)CN1CCN(C(=O)C2CCCO2)CC1. The maximum Gasteiger partial charge on any atom is 0.251 e. The van der Waals surface area contributed by atoms with Gasteiger partial charge in [0.25, 0.3) is 5.91 Å². The van der Waals surface area contributed by atoms with Crippen LogP contribution in [0.1, 0.15) is 32.6 Å². The van der Waals surface area contributed by atoms with E-state index in [0.717, 1.165) is 45.3 Å².